The second-order valence-electron chi connectivity index (χ2n) is 3.40. The number of esters is 1. The number of ether oxygens (including phenoxy) is 1. The molecule has 0 aliphatic heterocycles. The fourth-order valence-corrected chi connectivity index (χ4v) is 1.71. The van der Waals surface area contributed by atoms with Crippen molar-refractivity contribution >= 4 is 32.9 Å². The van der Waals surface area contributed by atoms with Gasteiger partial charge >= 0.3 is 5.97 Å². The fraction of sp³-hybridized carbons (Fsp3) is 0.167. The third kappa shape index (κ3) is 2.39. The smallest absolute Gasteiger partial charge is 0.311 e. The average Bonchev–Trinajstić information content (AvgIpc) is 2.33. The lowest BCUT2D eigenvalue weighted by Gasteiger charge is -2.02. The van der Waals surface area contributed by atoms with Gasteiger partial charge in [0, 0.05) is 10.9 Å². The summed E-state index contributed by atoms with van der Waals surface area (Å²) >= 11 is 3.27. The monoisotopic (exact) mass is 296 g/mol. The summed E-state index contributed by atoms with van der Waals surface area (Å²) < 4.78 is 10.9. The number of carbonyl (C=O) groups excluding carboxylic acids is 1. The predicted octanol–water partition coefficient (Wildman–Crippen LogP) is 2.87. The second kappa shape index (κ2) is 4.71. The molecule has 0 saturated heterocycles. The van der Waals surface area contributed by atoms with Crippen LogP contribution in [0.2, 0.25) is 0 Å². The molecule has 0 atom stereocenters. The lowest BCUT2D eigenvalue weighted by molar-refractivity contribution is -0.134. The summed E-state index contributed by atoms with van der Waals surface area (Å²) in [4.78, 5) is 23.1. The molecule has 1 heterocycles. The van der Waals surface area contributed by atoms with Crippen LogP contribution in [0.1, 0.15) is 13.3 Å². The fourth-order valence-electron chi connectivity index (χ4n) is 1.35. The zero-order valence-corrected chi connectivity index (χ0v) is 10.6. The van der Waals surface area contributed by atoms with Crippen LogP contribution in [0, 0.1) is 0 Å². The molecule has 5 heteroatoms. The molecule has 0 N–H and O–H groups in total. The van der Waals surface area contributed by atoms with Gasteiger partial charge in [0.05, 0.1) is 5.39 Å². The molecule has 2 aromatic rings. The van der Waals surface area contributed by atoms with Crippen LogP contribution in [-0.2, 0) is 4.79 Å². The van der Waals surface area contributed by atoms with Crippen molar-refractivity contribution < 1.29 is 13.9 Å². The summed E-state index contributed by atoms with van der Waals surface area (Å²) in [7, 11) is 0. The van der Waals surface area contributed by atoms with Gasteiger partial charge < -0.3 is 9.15 Å². The van der Waals surface area contributed by atoms with E-state index in [1.807, 2.05) is 0 Å². The molecule has 2 rings (SSSR count). The number of benzene rings is 1. The van der Waals surface area contributed by atoms with Crippen LogP contribution < -0.4 is 10.2 Å². The minimum atomic E-state index is -0.466. The molecule has 88 valence electrons. The number of hydrogen-bond acceptors (Lipinski definition) is 4. The molecule has 0 bridgehead atoms. The van der Waals surface area contributed by atoms with Crippen LogP contribution in [-0.4, -0.2) is 5.97 Å². The third-order valence-corrected chi connectivity index (χ3v) is 2.71. The van der Waals surface area contributed by atoms with E-state index in [-0.39, 0.29) is 17.6 Å². The van der Waals surface area contributed by atoms with E-state index in [0.717, 1.165) is 10.7 Å². The molecule has 0 spiro atoms. The maximum Gasteiger partial charge on any atom is 0.311 e. The molecule has 0 amide bonds. The van der Waals surface area contributed by atoms with Gasteiger partial charge in [-0.1, -0.05) is 22.9 Å². The largest absolute Gasteiger partial charge is 0.460 e. The molecule has 0 saturated carbocycles. The highest BCUT2D eigenvalue weighted by Crippen LogP contribution is 2.19. The Labute approximate surface area is 105 Å². The van der Waals surface area contributed by atoms with Gasteiger partial charge in [0.25, 0.3) is 0 Å². The standard InChI is InChI=1S/C12H9BrO4/c1-2-11(14)17-10-6-16-9-4-3-7(13)5-8(9)12(10)15/h3-6H,2H2,1H3. The van der Waals surface area contributed by atoms with Crippen molar-refractivity contribution in [3.8, 4) is 5.75 Å². The van der Waals surface area contributed by atoms with Crippen molar-refractivity contribution in [3.05, 3.63) is 39.2 Å². The normalized spacial score (nSPS) is 10.5. The van der Waals surface area contributed by atoms with Crippen molar-refractivity contribution in [1.29, 1.82) is 0 Å². The molecule has 4 nitrogen and oxygen atoms in total. The van der Waals surface area contributed by atoms with E-state index in [2.05, 4.69) is 15.9 Å². The maximum absolute atomic E-state index is 12.0. The van der Waals surface area contributed by atoms with E-state index < -0.39 is 5.97 Å². The van der Waals surface area contributed by atoms with Gasteiger partial charge in [0.15, 0.2) is 0 Å². The summed E-state index contributed by atoms with van der Waals surface area (Å²) in [6.07, 6.45) is 1.36. The van der Waals surface area contributed by atoms with Crippen LogP contribution in [0.5, 0.6) is 5.75 Å². The highest BCUT2D eigenvalue weighted by Gasteiger charge is 2.11. The van der Waals surface area contributed by atoms with Crippen molar-refractivity contribution in [2.75, 3.05) is 0 Å². The van der Waals surface area contributed by atoms with Crippen molar-refractivity contribution in [2.45, 2.75) is 13.3 Å². The lowest BCUT2D eigenvalue weighted by Crippen LogP contribution is -2.13. The van der Waals surface area contributed by atoms with E-state index in [0.29, 0.717) is 11.0 Å². The van der Waals surface area contributed by atoms with Gasteiger partial charge in [0.2, 0.25) is 11.2 Å². The van der Waals surface area contributed by atoms with Crippen molar-refractivity contribution in [3.63, 3.8) is 0 Å². The van der Waals surface area contributed by atoms with Crippen LogP contribution >= 0.6 is 15.9 Å². The average molecular weight is 297 g/mol. The first-order chi connectivity index (χ1) is 8.11. The minimum Gasteiger partial charge on any atom is -0.460 e. The van der Waals surface area contributed by atoms with E-state index in [1.54, 1.807) is 25.1 Å². The van der Waals surface area contributed by atoms with Gasteiger partial charge in [-0.15, -0.1) is 0 Å². The Hall–Kier alpha value is -1.62. The Kier molecular flexibility index (Phi) is 3.28. The second-order valence-corrected chi connectivity index (χ2v) is 4.31. The van der Waals surface area contributed by atoms with E-state index >= 15 is 0 Å². The maximum atomic E-state index is 12.0. The Morgan fingerprint density at radius 2 is 2.24 bits per heavy atom. The van der Waals surface area contributed by atoms with E-state index in [9.17, 15) is 9.59 Å². The molecule has 1 aromatic carbocycles. The Balaban J connectivity index is 2.57. The van der Waals surface area contributed by atoms with E-state index in [4.69, 9.17) is 9.15 Å². The first kappa shape index (κ1) is 11.9. The van der Waals surface area contributed by atoms with Gasteiger partial charge in [-0.25, -0.2) is 0 Å². The third-order valence-electron chi connectivity index (χ3n) is 2.22. The summed E-state index contributed by atoms with van der Waals surface area (Å²) in [6.45, 7) is 1.65. The Bertz CT molecular complexity index is 630. The summed E-state index contributed by atoms with van der Waals surface area (Å²) in [6, 6.07) is 5.07. The molecule has 0 aliphatic carbocycles. The number of carbonyl (C=O) groups is 1. The zero-order valence-electron chi connectivity index (χ0n) is 9.03. The number of halogens is 1. The number of rotatable bonds is 2. The SMILES string of the molecule is CCC(=O)Oc1coc2ccc(Br)cc2c1=O. The predicted molar refractivity (Wildman–Crippen MR) is 66.1 cm³/mol. The lowest BCUT2D eigenvalue weighted by atomic mass is 10.2. The topological polar surface area (TPSA) is 56.5 Å². The van der Waals surface area contributed by atoms with Crippen LogP contribution in [0.25, 0.3) is 11.0 Å². The van der Waals surface area contributed by atoms with E-state index in [1.165, 1.54) is 0 Å². The van der Waals surface area contributed by atoms with Crippen LogP contribution in [0.4, 0.5) is 0 Å². The molecule has 0 unspecified atom stereocenters. The highest BCUT2D eigenvalue weighted by atomic mass is 79.9. The summed E-state index contributed by atoms with van der Waals surface area (Å²) in [5.74, 6) is -0.547. The Morgan fingerprint density at radius 3 is 2.94 bits per heavy atom. The molecular weight excluding hydrogens is 288 g/mol. The first-order valence-corrected chi connectivity index (χ1v) is 5.83. The summed E-state index contributed by atoms with van der Waals surface area (Å²) in [5, 5.41) is 0.376. The Morgan fingerprint density at radius 1 is 1.47 bits per heavy atom. The van der Waals surface area contributed by atoms with Crippen LogP contribution in [0.15, 0.2) is 38.1 Å². The molecule has 0 aliphatic rings. The molecule has 1 aromatic heterocycles. The number of hydrogen-bond donors (Lipinski definition) is 0. The molecule has 17 heavy (non-hydrogen) atoms. The van der Waals surface area contributed by atoms with Crippen molar-refractivity contribution in [1.82, 2.24) is 0 Å². The highest BCUT2D eigenvalue weighted by molar-refractivity contribution is 9.10. The number of fused-ring (bicyclic) bond motifs is 1. The van der Waals surface area contributed by atoms with Gasteiger partial charge in [0.1, 0.15) is 11.8 Å². The first-order valence-electron chi connectivity index (χ1n) is 5.03. The van der Waals surface area contributed by atoms with Crippen LogP contribution in [0.3, 0.4) is 0 Å². The molecule has 0 fully saturated rings. The zero-order chi connectivity index (χ0) is 12.4. The molecular formula is C12H9BrO4. The quantitative estimate of drug-likeness (QED) is 0.800. The summed E-state index contributed by atoms with van der Waals surface area (Å²) in [5.41, 5.74) is 0.101. The van der Waals surface area contributed by atoms with Gasteiger partial charge in [-0.2, -0.15) is 0 Å². The van der Waals surface area contributed by atoms with Gasteiger partial charge in [-0.05, 0) is 18.2 Å². The van der Waals surface area contributed by atoms with Gasteiger partial charge in [-0.3, -0.25) is 9.59 Å². The minimum absolute atomic E-state index is 0.0811. The van der Waals surface area contributed by atoms with Crippen molar-refractivity contribution in [2.24, 2.45) is 0 Å². The molecule has 0 radical (unpaired) electrons.